The third-order valence-corrected chi connectivity index (χ3v) is 4.79. The second-order valence-electron chi connectivity index (χ2n) is 7.00. The first-order valence-corrected chi connectivity index (χ1v) is 9.87. The SMILES string of the molecule is C[C@@H](OC(=O)C(c1ccccc1)c1ccccc1)C(=O)NCCc1ccc(F)cc1. The first-order chi connectivity index (χ1) is 14.5. The molecular formula is C25H24FNO3. The van der Waals surface area contributed by atoms with E-state index in [1.165, 1.54) is 12.1 Å². The van der Waals surface area contributed by atoms with E-state index < -0.39 is 18.0 Å². The van der Waals surface area contributed by atoms with E-state index in [1.807, 2.05) is 60.7 Å². The van der Waals surface area contributed by atoms with E-state index in [2.05, 4.69) is 5.32 Å². The van der Waals surface area contributed by atoms with Gasteiger partial charge in [0.15, 0.2) is 6.10 Å². The monoisotopic (exact) mass is 405 g/mol. The van der Waals surface area contributed by atoms with E-state index in [0.717, 1.165) is 16.7 Å². The molecule has 1 N–H and O–H groups in total. The Labute approximate surface area is 175 Å². The number of rotatable bonds is 8. The molecule has 0 heterocycles. The summed E-state index contributed by atoms with van der Waals surface area (Å²) in [6.07, 6.45) is -0.371. The molecule has 0 fully saturated rings. The van der Waals surface area contributed by atoms with E-state index in [4.69, 9.17) is 4.74 Å². The van der Waals surface area contributed by atoms with Gasteiger partial charge in [0.25, 0.3) is 5.91 Å². The standard InChI is InChI=1S/C25H24FNO3/c1-18(24(28)27-17-16-19-12-14-22(26)15-13-19)30-25(29)23(20-8-4-2-5-9-20)21-10-6-3-7-11-21/h2-15,18,23H,16-17H2,1H3,(H,27,28)/t18-/m1/s1. The Hall–Kier alpha value is -3.47. The van der Waals surface area contributed by atoms with Gasteiger partial charge in [-0.25, -0.2) is 4.39 Å². The second-order valence-corrected chi connectivity index (χ2v) is 7.00. The predicted molar refractivity (Wildman–Crippen MR) is 113 cm³/mol. The van der Waals surface area contributed by atoms with Crippen molar-refractivity contribution in [1.82, 2.24) is 5.32 Å². The summed E-state index contributed by atoms with van der Waals surface area (Å²) < 4.78 is 18.5. The van der Waals surface area contributed by atoms with Gasteiger partial charge in [0.05, 0.1) is 0 Å². The lowest BCUT2D eigenvalue weighted by Gasteiger charge is -2.20. The highest BCUT2D eigenvalue weighted by molar-refractivity contribution is 5.87. The number of esters is 1. The van der Waals surface area contributed by atoms with Crippen molar-refractivity contribution in [2.75, 3.05) is 6.54 Å². The van der Waals surface area contributed by atoms with Crippen LogP contribution >= 0.6 is 0 Å². The Balaban J connectivity index is 1.60. The third-order valence-electron chi connectivity index (χ3n) is 4.79. The summed E-state index contributed by atoms with van der Waals surface area (Å²) in [7, 11) is 0. The van der Waals surface area contributed by atoms with E-state index in [1.54, 1.807) is 19.1 Å². The molecule has 154 valence electrons. The van der Waals surface area contributed by atoms with Crippen LogP contribution < -0.4 is 5.32 Å². The maximum absolute atomic E-state index is 13.0. The van der Waals surface area contributed by atoms with Crippen molar-refractivity contribution in [2.45, 2.75) is 25.4 Å². The summed E-state index contributed by atoms with van der Waals surface area (Å²) in [5.74, 6) is -1.75. The molecule has 1 atom stereocenters. The largest absolute Gasteiger partial charge is 0.452 e. The highest BCUT2D eigenvalue weighted by Crippen LogP contribution is 2.26. The quantitative estimate of drug-likeness (QED) is 0.570. The highest BCUT2D eigenvalue weighted by Gasteiger charge is 2.27. The molecule has 3 aromatic rings. The summed E-state index contributed by atoms with van der Waals surface area (Å²) >= 11 is 0. The van der Waals surface area contributed by atoms with Crippen LogP contribution in [-0.2, 0) is 20.7 Å². The van der Waals surface area contributed by atoms with Crippen molar-refractivity contribution in [3.05, 3.63) is 107 Å². The fourth-order valence-electron chi connectivity index (χ4n) is 3.18. The van der Waals surface area contributed by atoms with Gasteiger partial charge in [-0.05, 0) is 42.2 Å². The van der Waals surface area contributed by atoms with Crippen molar-refractivity contribution in [3.8, 4) is 0 Å². The molecule has 0 radical (unpaired) electrons. The van der Waals surface area contributed by atoms with Gasteiger partial charge >= 0.3 is 5.97 Å². The normalized spacial score (nSPS) is 11.7. The van der Waals surface area contributed by atoms with Crippen LogP contribution in [-0.4, -0.2) is 24.5 Å². The fourth-order valence-corrected chi connectivity index (χ4v) is 3.18. The molecule has 0 saturated heterocycles. The summed E-state index contributed by atoms with van der Waals surface area (Å²) in [5.41, 5.74) is 2.52. The van der Waals surface area contributed by atoms with Crippen LogP contribution in [0.25, 0.3) is 0 Å². The van der Waals surface area contributed by atoms with E-state index in [0.29, 0.717) is 13.0 Å². The lowest BCUT2D eigenvalue weighted by atomic mass is 9.91. The maximum Gasteiger partial charge on any atom is 0.318 e. The molecule has 0 bridgehead atoms. The van der Waals surface area contributed by atoms with Crippen molar-refractivity contribution in [2.24, 2.45) is 0 Å². The molecule has 0 spiro atoms. The molecule has 0 aromatic heterocycles. The summed E-state index contributed by atoms with van der Waals surface area (Å²) in [6.45, 7) is 1.92. The van der Waals surface area contributed by atoms with Gasteiger partial charge in [-0.3, -0.25) is 9.59 Å². The Kier molecular flexibility index (Phi) is 7.33. The van der Waals surface area contributed by atoms with Gasteiger partial charge in [0, 0.05) is 6.54 Å². The topological polar surface area (TPSA) is 55.4 Å². The van der Waals surface area contributed by atoms with Crippen LogP contribution in [0.1, 0.15) is 29.5 Å². The number of nitrogens with one attached hydrogen (secondary N) is 1. The zero-order valence-corrected chi connectivity index (χ0v) is 16.8. The molecule has 1 amide bonds. The zero-order valence-electron chi connectivity index (χ0n) is 16.8. The number of halogens is 1. The Bertz CT molecular complexity index is 919. The molecule has 0 aliphatic carbocycles. The first kappa shape index (κ1) is 21.2. The minimum Gasteiger partial charge on any atom is -0.452 e. The third kappa shape index (κ3) is 5.77. The highest BCUT2D eigenvalue weighted by atomic mass is 19.1. The molecule has 3 rings (SSSR count). The van der Waals surface area contributed by atoms with Crippen LogP contribution in [0.5, 0.6) is 0 Å². The Morgan fingerprint density at radius 3 is 1.93 bits per heavy atom. The van der Waals surface area contributed by atoms with Gasteiger partial charge in [0.2, 0.25) is 0 Å². The average Bonchev–Trinajstić information content (AvgIpc) is 2.76. The van der Waals surface area contributed by atoms with Crippen molar-refractivity contribution >= 4 is 11.9 Å². The summed E-state index contributed by atoms with van der Waals surface area (Å²) in [6, 6.07) is 24.8. The fraction of sp³-hybridized carbons (Fsp3) is 0.200. The van der Waals surface area contributed by atoms with Crippen LogP contribution in [0.3, 0.4) is 0 Å². The molecular weight excluding hydrogens is 381 g/mol. The predicted octanol–water partition coefficient (Wildman–Crippen LogP) is 4.25. The number of ether oxygens (including phenoxy) is 1. The maximum atomic E-state index is 13.0. The molecule has 3 aromatic carbocycles. The minimum atomic E-state index is -0.930. The van der Waals surface area contributed by atoms with Crippen molar-refractivity contribution in [1.29, 1.82) is 0 Å². The van der Waals surface area contributed by atoms with E-state index in [9.17, 15) is 14.0 Å². The van der Waals surface area contributed by atoms with Crippen LogP contribution in [0.15, 0.2) is 84.9 Å². The zero-order chi connectivity index (χ0) is 21.3. The first-order valence-electron chi connectivity index (χ1n) is 9.87. The lowest BCUT2D eigenvalue weighted by Crippen LogP contribution is -2.37. The van der Waals surface area contributed by atoms with Crippen LogP contribution in [0.2, 0.25) is 0 Å². The van der Waals surface area contributed by atoms with E-state index >= 15 is 0 Å². The number of amides is 1. The van der Waals surface area contributed by atoms with Gasteiger partial charge in [-0.15, -0.1) is 0 Å². The average molecular weight is 405 g/mol. The van der Waals surface area contributed by atoms with Crippen LogP contribution in [0, 0.1) is 5.82 Å². The van der Waals surface area contributed by atoms with Crippen molar-refractivity contribution in [3.63, 3.8) is 0 Å². The number of carbonyl (C=O) groups is 2. The van der Waals surface area contributed by atoms with E-state index in [-0.39, 0.29) is 11.7 Å². The molecule has 4 nitrogen and oxygen atoms in total. The number of benzene rings is 3. The molecule has 0 unspecified atom stereocenters. The van der Waals surface area contributed by atoms with Crippen molar-refractivity contribution < 1.29 is 18.7 Å². The number of carbonyl (C=O) groups excluding carboxylic acids is 2. The van der Waals surface area contributed by atoms with Gasteiger partial charge in [0.1, 0.15) is 11.7 Å². The van der Waals surface area contributed by atoms with Gasteiger partial charge in [-0.2, -0.15) is 0 Å². The van der Waals surface area contributed by atoms with Gasteiger partial charge < -0.3 is 10.1 Å². The van der Waals surface area contributed by atoms with Crippen LogP contribution in [0.4, 0.5) is 4.39 Å². The Morgan fingerprint density at radius 1 is 0.867 bits per heavy atom. The summed E-state index contributed by atoms with van der Waals surface area (Å²) in [4.78, 5) is 25.3. The number of hydrogen-bond donors (Lipinski definition) is 1. The molecule has 0 saturated carbocycles. The van der Waals surface area contributed by atoms with Gasteiger partial charge in [-0.1, -0.05) is 72.8 Å². The molecule has 0 aliphatic rings. The summed E-state index contributed by atoms with van der Waals surface area (Å²) in [5, 5.41) is 2.76. The number of hydrogen-bond acceptors (Lipinski definition) is 3. The smallest absolute Gasteiger partial charge is 0.318 e. The lowest BCUT2D eigenvalue weighted by molar-refractivity contribution is -0.155. The second kappa shape index (κ2) is 10.3. The molecule has 0 aliphatic heterocycles. The molecule has 5 heteroatoms. The Morgan fingerprint density at radius 2 is 1.40 bits per heavy atom. The minimum absolute atomic E-state index is 0.297. The molecule has 30 heavy (non-hydrogen) atoms.